The van der Waals surface area contributed by atoms with Gasteiger partial charge in [0.15, 0.2) is 5.82 Å². The molecular formula is C28H34F2N6O. The van der Waals surface area contributed by atoms with Crippen LogP contribution >= 0.6 is 0 Å². The molecular weight excluding hydrogens is 474 g/mol. The van der Waals surface area contributed by atoms with E-state index in [9.17, 15) is 9.18 Å². The average Bonchev–Trinajstić information content (AvgIpc) is 3.34. The minimum Gasteiger partial charge on any atom is -0.382 e. The lowest BCUT2D eigenvalue weighted by Gasteiger charge is -2.36. The molecule has 2 aliphatic rings. The number of piperazine rings is 1. The minimum atomic E-state index is -0.443. The molecule has 2 aromatic carbocycles. The van der Waals surface area contributed by atoms with Gasteiger partial charge < -0.3 is 16.0 Å². The van der Waals surface area contributed by atoms with Crippen LogP contribution in [-0.2, 0) is 6.54 Å². The van der Waals surface area contributed by atoms with Crippen LogP contribution in [0.3, 0.4) is 0 Å². The second-order valence-corrected chi connectivity index (χ2v) is 10.3. The van der Waals surface area contributed by atoms with Crippen molar-refractivity contribution in [2.24, 2.45) is 0 Å². The van der Waals surface area contributed by atoms with Gasteiger partial charge in [0.2, 0.25) is 5.78 Å². The number of anilines is 1. The smallest absolute Gasteiger partial charge is 0.215 e. The highest BCUT2D eigenvalue weighted by Crippen LogP contribution is 2.22. The number of aromatic nitrogens is 2. The fourth-order valence-corrected chi connectivity index (χ4v) is 5.54. The van der Waals surface area contributed by atoms with Crippen LogP contribution in [0.15, 0.2) is 54.9 Å². The topological polar surface area (TPSA) is 74.2 Å². The molecule has 1 aromatic heterocycles. The summed E-state index contributed by atoms with van der Waals surface area (Å²) in [6.45, 7) is 7.21. The molecule has 5 rings (SSSR count). The SMILES string of the molecule is C[C@@H]1CN(Cc2ccc(-n3ccnc3C(=O)C3CC(Nc4cccc(F)c4)CCN3)cc2F)C[C@H](C)N1. The normalized spacial score (nSPS) is 24.6. The quantitative estimate of drug-likeness (QED) is 0.422. The van der Waals surface area contributed by atoms with Gasteiger partial charge in [-0.2, -0.15) is 0 Å². The van der Waals surface area contributed by atoms with Gasteiger partial charge in [-0.25, -0.2) is 13.8 Å². The van der Waals surface area contributed by atoms with Gasteiger partial charge in [0, 0.05) is 61.4 Å². The van der Waals surface area contributed by atoms with E-state index in [0.717, 1.165) is 19.5 Å². The Morgan fingerprint density at radius 1 is 1.14 bits per heavy atom. The van der Waals surface area contributed by atoms with E-state index in [0.29, 0.717) is 48.5 Å². The highest BCUT2D eigenvalue weighted by molar-refractivity contribution is 5.97. The summed E-state index contributed by atoms with van der Waals surface area (Å²) in [6.07, 6.45) is 4.60. The molecule has 2 saturated heterocycles. The van der Waals surface area contributed by atoms with Gasteiger partial charge in [-0.05, 0) is 63.6 Å². The number of nitrogens with one attached hydrogen (secondary N) is 3. The van der Waals surface area contributed by atoms with Crippen LogP contribution < -0.4 is 16.0 Å². The predicted octanol–water partition coefficient (Wildman–Crippen LogP) is 3.75. The first-order chi connectivity index (χ1) is 17.9. The van der Waals surface area contributed by atoms with Gasteiger partial charge in [-0.15, -0.1) is 0 Å². The van der Waals surface area contributed by atoms with E-state index in [1.807, 2.05) is 12.1 Å². The number of Topliss-reactive ketones (excluding diaryl/α,β-unsaturated/α-hetero) is 1. The Labute approximate surface area is 216 Å². The third kappa shape index (κ3) is 6.06. The fourth-order valence-electron chi connectivity index (χ4n) is 5.54. The molecule has 0 radical (unpaired) electrons. The molecule has 3 N–H and O–H groups in total. The number of halogens is 2. The molecule has 4 atom stereocenters. The van der Waals surface area contributed by atoms with E-state index in [4.69, 9.17) is 0 Å². The van der Waals surface area contributed by atoms with Crippen LogP contribution in [0.4, 0.5) is 14.5 Å². The zero-order chi connectivity index (χ0) is 25.9. The molecule has 2 unspecified atom stereocenters. The lowest BCUT2D eigenvalue weighted by atomic mass is 9.95. The van der Waals surface area contributed by atoms with Crippen LogP contribution in [-0.4, -0.2) is 64.0 Å². The van der Waals surface area contributed by atoms with Crippen LogP contribution in [0.5, 0.6) is 0 Å². The first kappa shape index (κ1) is 25.5. The molecule has 0 amide bonds. The monoisotopic (exact) mass is 508 g/mol. The van der Waals surface area contributed by atoms with E-state index < -0.39 is 6.04 Å². The van der Waals surface area contributed by atoms with Crippen molar-refractivity contribution in [1.29, 1.82) is 0 Å². The average molecular weight is 509 g/mol. The van der Waals surface area contributed by atoms with Crippen molar-refractivity contribution in [1.82, 2.24) is 25.1 Å². The van der Waals surface area contributed by atoms with Crippen molar-refractivity contribution < 1.29 is 13.6 Å². The Morgan fingerprint density at radius 3 is 2.70 bits per heavy atom. The third-order valence-electron chi connectivity index (χ3n) is 7.12. The molecule has 196 valence electrons. The summed E-state index contributed by atoms with van der Waals surface area (Å²) in [5, 5.41) is 10.1. The van der Waals surface area contributed by atoms with Crippen molar-refractivity contribution in [2.75, 3.05) is 25.0 Å². The summed E-state index contributed by atoms with van der Waals surface area (Å²) in [7, 11) is 0. The maximum absolute atomic E-state index is 15.2. The first-order valence-corrected chi connectivity index (χ1v) is 13.0. The van der Waals surface area contributed by atoms with Crippen molar-refractivity contribution in [3.63, 3.8) is 0 Å². The van der Waals surface area contributed by atoms with Crippen LogP contribution in [0.25, 0.3) is 5.69 Å². The number of rotatable bonds is 7. The van der Waals surface area contributed by atoms with Gasteiger partial charge in [0.25, 0.3) is 0 Å². The highest BCUT2D eigenvalue weighted by atomic mass is 19.1. The molecule has 7 nitrogen and oxygen atoms in total. The van der Waals surface area contributed by atoms with E-state index in [1.165, 1.54) is 18.2 Å². The lowest BCUT2D eigenvalue weighted by Crippen LogP contribution is -2.53. The van der Waals surface area contributed by atoms with Crippen molar-refractivity contribution in [3.05, 3.63) is 77.9 Å². The van der Waals surface area contributed by atoms with Gasteiger partial charge in [0.1, 0.15) is 11.6 Å². The molecule has 2 fully saturated rings. The number of nitrogens with zero attached hydrogens (tertiary/aromatic N) is 3. The highest BCUT2D eigenvalue weighted by Gasteiger charge is 2.30. The van der Waals surface area contributed by atoms with Crippen LogP contribution in [0.1, 0.15) is 42.9 Å². The second kappa shape index (κ2) is 11.1. The summed E-state index contributed by atoms with van der Waals surface area (Å²) in [5.41, 5.74) is 1.90. The predicted molar refractivity (Wildman–Crippen MR) is 140 cm³/mol. The molecule has 0 aliphatic carbocycles. The molecule has 3 aromatic rings. The largest absolute Gasteiger partial charge is 0.382 e. The first-order valence-electron chi connectivity index (χ1n) is 13.0. The van der Waals surface area contributed by atoms with E-state index in [1.54, 1.807) is 29.1 Å². The Bertz CT molecular complexity index is 1240. The fraction of sp³-hybridized carbons (Fsp3) is 0.429. The van der Waals surface area contributed by atoms with Crippen molar-refractivity contribution in [2.45, 2.75) is 57.4 Å². The Balaban J connectivity index is 1.28. The van der Waals surface area contributed by atoms with Gasteiger partial charge in [0.05, 0.1) is 11.7 Å². The van der Waals surface area contributed by atoms with E-state index in [2.05, 4.69) is 39.7 Å². The Morgan fingerprint density at radius 2 is 1.95 bits per heavy atom. The zero-order valence-corrected chi connectivity index (χ0v) is 21.3. The summed E-state index contributed by atoms with van der Waals surface area (Å²) in [5.74, 6) is -0.479. The summed E-state index contributed by atoms with van der Waals surface area (Å²) >= 11 is 0. The van der Waals surface area contributed by atoms with E-state index in [-0.39, 0.29) is 29.3 Å². The summed E-state index contributed by atoms with van der Waals surface area (Å²) < 4.78 is 30.4. The molecule has 9 heteroatoms. The van der Waals surface area contributed by atoms with Crippen molar-refractivity contribution in [3.8, 4) is 5.69 Å². The number of carbonyl (C=O) groups excluding carboxylic acids is 1. The Kier molecular flexibility index (Phi) is 7.64. The number of benzene rings is 2. The van der Waals surface area contributed by atoms with Crippen molar-refractivity contribution >= 4 is 11.5 Å². The number of carbonyl (C=O) groups is 1. The number of piperidine rings is 1. The Hall–Kier alpha value is -3.14. The molecule has 37 heavy (non-hydrogen) atoms. The second-order valence-electron chi connectivity index (χ2n) is 10.3. The maximum Gasteiger partial charge on any atom is 0.215 e. The van der Waals surface area contributed by atoms with Gasteiger partial charge in [-0.3, -0.25) is 14.3 Å². The van der Waals surface area contributed by atoms with Crippen LogP contribution in [0.2, 0.25) is 0 Å². The molecule has 0 saturated carbocycles. The minimum absolute atomic E-state index is 0.0209. The molecule has 0 bridgehead atoms. The lowest BCUT2D eigenvalue weighted by molar-refractivity contribution is 0.0911. The van der Waals surface area contributed by atoms with Gasteiger partial charge >= 0.3 is 0 Å². The number of hydrogen-bond donors (Lipinski definition) is 3. The summed E-state index contributed by atoms with van der Waals surface area (Å²) in [6, 6.07) is 11.8. The zero-order valence-electron chi connectivity index (χ0n) is 21.3. The number of hydrogen-bond acceptors (Lipinski definition) is 6. The molecule has 3 heterocycles. The van der Waals surface area contributed by atoms with E-state index >= 15 is 4.39 Å². The number of imidazole rings is 1. The standard InChI is InChI=1S/C28H34F2N6O/c1-18-15-35(16-19(2)33-18)17-20-6-7-24(14-25(20)30)36-11-10-32-28(36)27(37)26-13-23(8-9-31-26)34-22-5-3-4-21(29)12-22/h3-7,10-12,14,18-19,23,26,31,33-34H,8-9,13,15-17H2,1-2H3/t18-,19+,23?,26?. The van der Waals surface area contributed by atoms with Gasteiger partial charge in [-0.1, -0.05) is 12.1 Å². The molecule has 2 aliphatic heterocycles. The summed E-state index contributed by atoms with van der Waals surface area (Å²) in [4.78, 5) is 20.0. The number of ketones is 1. The maximum atomic E-state index is 15.2. The molecule has 0 spiro atoms. The third-order valence-corrected chi connectivity index (χ3v) is 7.12. The van der Waals surface area contributed by atoms with Crippen LogP contribution in [0, 0.1) is 11.6 Å².